The van der Waals surface area contributed by atoms with E-state index in [1.807, 2.05) is 0 Å². The zero-order valence-corrected chi connectivity index (χ0v) is 37.2. The molecule has 1 saturated carbocycles. The highest BCUT2D eigenvalue weighted by atomic mass is 16.3. The van der Waals surface area contributed by atoms with Gasteiger partial charge in [-0.05, 0) is 115 Å². The van der Waals surface area contributed by atoms with Crippen LogP contribution in [0.1, 0.15) is 149 Å². The Hall–Kier alpha value is -5.08. The molecule has 2 aliphatic heterocycles. The minimum absolute atomic E-state index is 0.000632. The number of benzene rings is 6. The Morgan fingerprint density at radius 2 is 1.27 bits per heavy atom. The second-order valence-corrected chi connectivity index (χ2v) is 21.7. The fourth-order valence-electron chi connectivity index (χ4n) is 12.6. The normalized spacial score (nSPS) is 22.9. The molecule has 0 spiro atoms. The van der Waals surface area contributed by atoms with Crippen LogP contribution < -0.4 is 16.6 Å². The average Bonchev–Trinajstić information content (AvgIpc) is 3.60. The van der Waals surface area contributed by atoms with E-state index in [1.54, 1.807) is 16.7 Å². The molecule has 7 aromatic rings. The monoisotopic (exact) mass is 782 g/mol. The number of furan rings is 1. The van der Waals surface area contributed by atoms with Crippen LogP contribution in [0.2, 0.25) is 0 Å². The fourth-order valence-corrected chi connectivity index (χ4v) is 12.6. The first kappa shape index (κ1) is 37.9. The molecule has 6 aromatic carbocycles. The standard InChI is InChI=1S/C58H59BO/c1-35-28-44-46-34-57(8)26-16-17-27-58(57,9)47-30-38(36-18-12-10-13-19-36)31-48(51(46)47)59-53(44)45(29-35)50(52-42-25-23-40(56(5,6)7)33-49(42)60-54(52)59)41-24-22-39(55(2,3)4)32-43(41)37-20-14-11-15-21-37/h10-15,18-25,28-33,46,50H,16-17,26-27,34H2,1-9H3. The van der Waals surface area contributed by atoms with Crippen molar-refractivity contribution in [3.05, 3.63) is 171 Å². The highest BCUT2D eigenvalue weighted by Crippen LogP contribution is 2.63. The van der Waals surface area contributed by atoms with Gasteiger partial charge < -0.3 is 4.42 Å². The summed E-state index contributed by atoms with van der Waals surface area (Å²) in [5, 5.41) is 1.25. The van der Waals surface area contributed by atoms with Crippen LogP contribution in [0.5, 0.6) is 0 Å². The number of fused-ring (bicyclic) bond motifs is 8. The minimum atomic E-state index is 0.000632. The Kier molecular flexibility index (Phi) is 8.19. The number of hydrogen-bond acceptors (Lipinski definition) is 1. The lowest BCUT2D eigenvalue weighted by Gasteiger charge is -2.58. The second kappa shape index (κ2) is 13.0. The molecule has 1 aromatic heterocycles. The summed E-state index contributed by atoms with van der Waals surface area (Å²) in [5.41, 5.74) is 23.7. The molecule has 300 valence electrons. The van der Waals surface area contributed by atoms with E-state index in [4.69, 9.17) is 4.42 Å². The first-order valence-electron chi connectivity index (χ1n) is 22.8. The van der Waals surface area contributed by atoms with Crippen molar-refractivity contribution in [2.24, 2.45) is 5.41 Å². The van der Waals surface area contributed by atoms with E-state index < -0.39 is 0 Å². The Labute approximate surface area is 358 Å². The molecule has 2 heteroatoms. The maximum absolute atomic E-state index is 7.56. The molecule has 0 amide bonds. The first-order chi connectivity index (χ1) is 28.6. The lowest BCUT2D eigenvalue weighted by atomic mass is 9.29. The van der Waals surface area contributed by atoms with Gasteiger partial charge in [0, 0.05) is 22.8 Å². The van der Waals surface area contributed by atoms with E-state index in [0.717, 1.165) is 11.2 Å². The third kappa shape index (κ3) is 5.44. The van der Waals surface area contributed by atoms with Crippen LogP contribution in [0.15, 0.2) is 126 Å². The third-order valence-corrected chi connectivity index (χ3v) is 16.1. The van der Waals surface area contributed by atoms with Crippen LogP contribution in [0.4, 0.5) is 0 Å². The van der Waals surface area contributed by atoms with Gasteiger partial charge in [0.2, 0.25) is 0 Å². The van der Waals surface area contributed by atoms with Crippen LogP contribution in [0.25, 0.3) is 33.2 Å². The van der Waals surface area contributed by atoms with E-state index >= 15 is 0 Å². The molecule has 0 saturated heterocycles. The van der Waals surface area contributed by atoms with E-state index in [-0.39, 0.29) is 34.3 Å². The number of rotatable bonds is 3. The molecular weight excluding hydrogens is 723 g/mol. The molecule has 2 aliphatic carbocycles. The molecule has 11 rings (SSSR count). The SMILES string of the molecule is Cc1cc2c3c(c1)C(c1ccc(C(C)(C)C)cc1-c1ccccc1)c1c(oc4cc(C(C)(C)C)ccc14)B3c1cc(-c3ccccc3)cc3c1C2CC1(C)CCCCC31C. The van der Waals surface area contributed by atoms with Gasteiger partial charge >= 0.3 is 0 Å². The molecule has 60 heavy (non-hydrogen) atoms. The fraction of sp³-hybridized carbons (Fsp3) is 0.345. The van der Waals surface area contributed by atoms with Gasteiger partial charge in [-0.15, -0.1) is 0 Å². The van der Waals surface area contributed by atoms with Gasteiger partial charge in [0.15, 0.2) is 0 Å². The van der Waals surface area contributed by atoms with Crippen molar-refractivity contribution in [1.82, 2.24) is 0 Å². The highest BCUT2D eigenvalue weighted by molar-refractivity contribution is 6.97. The van der Waals surface area contributed by atoms with Crippen molar-refractivity contribution in [2.75, 3.05) is 0 Å². The van der Waals surface area contributed by atoms with Crippen LogP contribution in [0, 0.1) is 12.3 Å². The molecule has 0 radical (unpaired) electrons. The van der Waals surface area contributed by atoms with Crippen LogP contribution in [0.3, 0.4) is 0 Å². The lowest BCUT2D eigenvalue weighted by molar-refractivity contribution is 0.0603. The van der Waals surface area contributed by atoms with Crippen molar-refractivity contribution in [3.63, 3.8) is 0 Å². The van der Waals surface area contributed by atoms with Crippen LogP contribution >= 0.6 is 0 Å². The number of hydrogen-bond donors (Lipinski definition) is 0. The summed E-state index contributed by atoms with van der Waals surface area (Å²) in [5.74, 6) is 0.352. The Balaban J connectivity index is 1.28. The largest absolute Gasteiger partial charge is 0.470 e. The summed E-state index contributed by atoms with van der Waals surface area (Å²) < 4.78 is 7.56. The van der Waals surface area contributed by atoms with Gasteiger partial charge in [-0.2, -0.15) is 0 Å². The molecule has 0 N–H and O–H groups in total. The van der Waals surface area contributed by atoms with Crippen molar-refractivity contribution in [2.45, 2.75) is 122 Å². The van der Waals surface area contributed by atoms with E-state index in [2.05, 4.69) is 184 Å². The van der Waals surface area contributed by atoms with Crippen molar-refractivity contribution in [1.29, 1.82) is 0 Å². The third-order valence-electron chi connectivity index (χ3n) is 16.1. The maximum atomic E-state index is 7.56. The summed E-state index contributed by atoms with van der Waals surface area (Å²) in [6, 6.07) is 47.2. The molecule has 1 fully saturated rings. The summed E-state index contributed by atoms with van der Waals surface area (Å²) in [6.07, 6.45) is 6.35. The Bertz CT molecular complexity index is 2860. The molecule has 4 unspecified atom stereocenters. The quantitative estimate of drug-likeness (QED) is 0.163. The van der Waals surface area contributed by atoms with Crippen molar-refractivity contribution in [3.8, 4) is 22.3 Å². The summed E-state index contributed by atoms with van der Waals surface area (Å²) in [6.45, 7) is 21.6. The molecule has 0 bridgehead atoms. The Morgan fingerprint density at radius 1 is 0.617 bits per heavy atom. The maximum Gasteiger partial charge on any atom is 0.289 e. The smallest absolute Gasteiger partial charge is 0.289 e. The van der Waals surface area contributed by atoms with E-state index in [1.165, 1.54) is 104 Å². The second-order valence-electron chi connectivity index (χ2n) is 21.7. The zero-order valence-electron chi connectivity index (χ0n) is 37.2. The van der Waals surface area contributed by atoms with Crippen molar-refractivity contribution >= 4 is 34.3 Å². The molecule has 4 atom stereocenters. The molecule has 4 aliphatic rings. The summed E-state index contributed by atoms with van der Waals surface area (Å²) >= 11 is 0. The van der Waals surface area contributed by atoms with E-state index in [9.17, 15) is 0 Å². The van der Waals surface area contributed by atoms with Gasteiger partial charge in [-0.25, -0.2) is 0 Å². The van der Waals surface area contributed by atoms with Crippen LogP contribution in [-0.2, 0) is 16.2 Å². The molecule has 3 heterocycles. The van der Waals surface area contributed by atoms with Gasteiger partial charge in [-0.3, -0.25) is 0 Å². The van der Waals surface area contributed by atoms with E-state index in [0.29, 0.717) is 5.92 Å². The highest BCUT2D eigenvalue weighted by Gasteiger charge is 2.57. The molecule has 1 nitrogen and oxygen atoms in total. The van der Waals surface area contributed by atoms with Gasteiger partial charge in [-0.1, -0.05) is 200 Å². The van der Waals surface area contributed by atoms with Crippen LogP contribution in [-0.4, -0.2) is 6.71 Å². The predicted octanol–water partition coefficient (Wildman–Crippen LogP) is 13.4. The zero-order chi connectivity index (χ0) is 41.5. The van der Waals surface area contributed by atoms with Gasteiger partial charge in [0.25, 0.3) is 6.71 Å². The van der Waals surface area contributed by atoms with Crippen molar-refractivity contribution < 1.29 is 4.42 Å². The summed E-state index contributed by atoms with van der Waals surface area (Å²) in [4.78, 5) is 0. The topological polar surface area (TPSA) is 13.1 Å². The molecular formula is C58H59BO. The lowest BCUT2D eigenvalue weighted by Crippen LogP contribution is -2.64. The number of aryl methyl sites for hydroxylation is 1. The summed E-state index contributed by atoms with van der Waals surface area (Å²) in [7, 11) is 0. The Morgan fingerprint density at radius 3 is 1.98 bits per heavy atom. The predicted molar refractivity (Wildman–Crippen MR) is 255 cm³/mol. The van der Waals surface area contributed by atoms with Gasteiger partial charge in [0.1, 0.15) is 5.58 Å². The van der Waals surface area contributed by atoms with Gasteiger partial charge in [0.05, 0.1) is 5.66 Å². The first-order valence-corrected chi connectivity index (χ1v) is 22.8. The average molecular weight is 783 g/mol. The minimum Gasteiger partial charge on any atom is -0.470 e.